The Morgan fingerprint density at radius 2 is 0.964 bits per heavy atom. The Kier molecular flexibility index (Phi) is 7.15. The van der Waals surface area contributed by atoms with Crippen molar-refractivity contribution in [3.05, 3.63) is 71.4 Å². The van der Waals surface area contributed by atoms with Crippen LogP contribution < -0.4 is 9.80 Å². The Morgan fingerprint density at radius 1 is 0.607 bits per heavy atom. The predicted octanol–water partition coefficient (Wildman–Crippen LogP) is 5.18. The van der Waals surface area contributed by atoms with Gasteiger partial charge < -0.3 is 14.2 Å². The van der Waals surface area contributed by atoms with E-state index in [1.165, 1.54) is 0 Å². The normalized spacial score (nSPS) is 11.0. The minimum absolute atomic E-state index is 0. The van der Waals surface area contributed by atoms with Gasteiger partial charge in [-0.2, -0.15) is 0 Å². The lowest BCUT2D eigenvalue weighted by Gasteiger charge is -2.11. The van der Waals surface area contributed by atoms with Crippen LogP contribution in [0.25, 0.3) is 24.3 Å². The molecule has 0 fully saturated rings. The zero-order valence-corrected chi connectivity index (χ0v) is 16.1. The van der Waals surface area contributed by atoms with E-state index in [1.807, 2.05) is 52.5 Å². The smallest absolute Gasteiger partial charge is 0.240 e. The first-order valence-corrected chi connectivity index (χ1v) is 8.76. The summed E-state index contributed by atoms with van der Waals surface area (Å²) in [5, 5.41) is 8.11. The van der Waals surface area contributed by atoms with Crippen LogP contribution >= 0.6 is 0 Å². The molecule has 0 amide bonds. The Balaban J connectivity index is 0.00000280. The molecule has 0 atom stereocenters. The third kappa shape index (κ3) is 5.58. The highest BCUT2D eigenvalue weighted by molar-refractivity contribution is 5.69. The molecular formula is C23H28N4O. The van der Waals surface area contributed by atoms with E-state index < -0.39 is 0 Å². The molecule has 0 aliphatic carbocycles. The molecular weight excluding hydrogens is 348 g/mol. The van der Waals surface area contributed by atoms with Gasteiger partial charge in [-0.25, -0.2) is 0 Å². The summed E-state index contributed by atoms with van der Waals surface area (Å²) in [5.74, 6) is 0.962. The Hall–Kier alpha value is -3.34. The third-order valence-electron chi connectivity index (χ3n) is 4.11. The van der Waals surface area contributed by atoms with Crippen molar-refractivity contribution < 1.29 is 4.42 Å². The number of aromatic nitrogens is 2. The van der Waals surface area contributed by atoms with Gasteiger partial charge >= 0.3 is 0 Å². The number of hydrogen-bond donors (Lipinski definition) is 0. The molecule has 0 aliphatic heterocycles. The van der Waals surface area contributed by atoms with Crippen LogP contribution in [0.15, 0.2) is 52.9 Å². The number of rotatable bonds is 6. The van der Waals surface area contributed by atoms with Crippen molar-refractivity contribution in [2.24, 2.45) is 0 Å². The molecule has 0 unspecified atom stereocenters. The topological polar surface area (TPSA) is 45.4 Å². The van der Waals surface area contributed by atoms with E-state index in [9.17, 15) is 0 Å². The maximum Gasteiger partial charge on any atom is 0.240 e. The van der Waals surface area contributed by atoms with Gasteiger partial charge in [0.2, 0.25) is 11.8 Å². The molecule has 146 valence electrons. The number of benzene rings is 2. The van der Waals surface area contributed by atoms with E-state index >= 15 is 0 Å². The van der Waals surface area contributed by atoms with Crippen LogP contribution in [0.3, 0.4) is 0 Å². The molecule has 3 aromatic rings. The highest BCUT2D eigenvalue weighted by Crippen LogP contribution is 2.16. The van der Waals surface area contributed by atoms with E-state index in [4.69, 9.17) is 4.42 Å². The predicted molar refractivity (Wildman–Crippen MR) is 120 cm³/mol. The van der Waals surface area contributed by atoms with Crippen LogP contribution in [0, 0.1) is 0 Å². The summed E-state index contributed by atoms with van der Waals surface area (Å²) in [5.41, 5.74) is 4.49. The van der Waals surface area contributed by atoms with Crippen molar-refractivity contribution in [2.45, 2.75) is 7.43 Å². The molecule has 0 spiro atoms. The fourth-order valence-corrected chi connectivity index (χ4v) is 2.48. The first-order chi connectivity index (χ1) is 13.0. The highest BCUT2D eigenvalue weighted by atomic mass is 16.4. The molecule has 0 saturated heterocycles. The molecule has 0 radical (unpaired) electrons. The Labute approximate surface area is 167 Å². The van der Waals surface area contributed by atoms with E-state index in [0.717, 1.165) is 22.5 Å². The first kappa shape index (κ1) is 21.0. The van der Waals surface area contributed by atoms with Crippen LogP contribution in [0.4, 0.5) is 11.4 Å². The maximum absolute atomic E-state index is 5.64. The minimum atomic E-state index is 0. The molecule has 0 N–H and O–H groups in total. The largest absolute Gasteiger partial charge is 0.417 e. The van der Waals surface area contributed by atoms with Crippen LogP contribution in [0.2, 0.25) is 0 Å². The minimum Gasteiger partial charge on any atom is -0.417 e. The van der Waals surface area contributed by atoms with Gasteiger partial charge in [0.15, 0.2) is 0 Å². The van der Waals surface area contributed by atoms with Crippen molar-refractivity contribution in [1.29, 1.82) is 0 Å². The zero-order chi connectivity index (χ0) is 19.2. The van der Waals surface area contributed by atoms with Crippen molar-refractivity contribution in [1.82, 2.24) is 10.2 Å². The molecule has 0 aliphatic rings. The SMILES string of the molecule is C.CN(C)c1ccc(/C=C/c2nnc(/C=C/c3ccc(N(C)C)cc3)o2)cc1. The lowest BCUT2D eigenvalue weighted by molar-refractivity contribution is 0.533. The van der Waals surface area contributed by atoms with E-state index in [0.29, 0.717) is 11.8 Å². The molecule has 5 heteroatoms. The summed E-state index contributed by atoms with van der Waals surface area (Å²) in [6, 6.07) is 16.5. The molecule has 0 saturated carbocycles. The first-order valence-electron chi connectivity index (χ1n) is 8.76. The number of anilines is 2. The fraction of sp³-hybridized carbons (Fsp3) is 0.217. The average molecular weight is 377 g/mol. The van der Waals surface area contributed by atoms with Crippen molar-refractivity contribution >= 4 is 35.7 Å². The van der Waals surface area contributed by atoms with Crippen molar-refractivity contribution in [2.75, 3.05) is 38.0 Å². The number of nitrogens with zero attached hydrogens (tertiary/aromatic N) is 4. The summed E-state index contributed by atoms with van der Waals surface area (Å²) >= 11 is 0. The third-order valence-corrected chi connectivity index (χ3v) is 4.11. The average Bonchev–Trinajstić information content (AvgIpc) is 3.13. The van der Waals surface area contributed by atoms with Crippen LogP contribution in [-0.2, 0) is 0 Å². The maximum atomic E-state index is 5.64. The zero-order valence-electron chi connectivity index (χ0n) is 16.1. The van der Waals surface area contributed by atoms with Crippen molar-refractivity contribution in [3.63, 3.8) is 0 Å². The molecule has 5 nitrogen and oxygen atoms in total. The van der Waals surface area contributed by atoms with Gasteiger partial charge in [-0.05, 0) is 47.5 Å². The van der Waals surface area contributed by atoms with Crippen molar-refractivity contribution in [3.8, 4) is 0 Å². The molecule has 28 heavy (non-hydrogen) atoms. The standard InChI is InChI=1S/C22H24N4O.CH4/c1-25(2)19-11-5-17(6-12-19)9-15-21-23-24-22(27-21)16-10-18-7-13-20(14-8-18)26(3)4;/h5-16H,1-4H3;1H4/b15-9+,16-10+;. The molecule has 2 aromatic carbocycles. The fourth-order valence-electron chi connectivity index (χ4n) is 2.48. The summed E-state index contributed by atoms with van der Waals surface area (Å²) in [6.07, 6.45) is 7.56. The van der Waals surface area contributed by atoms with Gasteiger partial charge in [0.1, 0.15) is 0 Å². The van der Waals surface area contributed by atoms with Gasteiger partial charge in [0.05, 0.1) is 0 Å². The Bertz CT molecular complexity index is 844. The van der Waals surface area contributed by atoms with E-state index in [-0.39, 0.29) is 7.43 Å². The highest BCUT2D eigenvalue weighted by Gasteiger charge is 2.00. The quantitative estimate of drug-likeness (QED) is 0.593. The monoisotopic (exact) mass is 376 g/mol. The molecule has 3 rings (SSSR count). The summed E-state index contributed by atoms with van der Waals surface area (Å²) in [7, 11) is 8.09. The summed E-state index contributed by atoms with van der Waals surface area (Å²) in [6.45, 7) is 0. The second-order valence-electron chi connectivity index (χ2n) is 6.62. The molecule has 0 bridgehead atoms. The van der Waals surface area contributed by atoms with Gasteiger partial charge in [0.25, 0.3) is 0 Å². The van der Waals surface area contributed by atoms with Gasteiger partial charge in [-0.1, -0.05) is 31.7 Å². The van der Waals surface area contributed by atoms with Crippen LogP contribution in [0.5, 0.6) is 0 Å². The molecule has 1 aromatic heterocycles. The molecule has 1 heterocycles. The second kappa shape index (κ2) is 9.55. The Morgan fingerprint density at radius 3 is 1.29 bits per heavy atom. The number of hydrogen-bond acceptors (Lipinski definition) is 5. The second-order valence-corrected chi connectivity index (χ2v) is 6.62. The van der Waals surface area contributed by atoms with Crippen LogP contribution in [-0.4, -0.2) is 38.4 Å². The van der Waals surface area contributed by atoms with E-state index in [1.54, 1.807) is 0 Å². The lowest BCUT2D eigenvalue weighted by atomic mass is 10.2. The van der Waals surface area contributed by atoms with E-state index in [2.05, 4.69) is 68.5 Å². The summed E-state index contributed by atoms with van der Waals surface area (Å²) < 4.78 is 5.64. The van der Waals surface area contributed by atoms with Crippen LogP contribution in [0.1, 0.15) is 30.3 Å². The van der Waals surface area contributed by atoms with Gasteiger partial charge in [-0.3, -0.25) is 0 Å². The lowest BCUT2D eigenvalue weighted by Crippen LogP contribution is -2.07. The van der Waals surface area contributed by atoms with Gasteiger partial charge in [-0.15, -0.1) is 10.2 Å². The summed E-state index contributed by atoms with van der Waals surface area (Å²) in [4.78, 5) is 4.14. The van der Waals surface area contributed by atoms with Gasteiger partial charge in [0, 0.05) is 51.7 Å².